The van der Waals surface area contributed by atoms with Crippen molar-refractivity contribution in [2.24, 2.45) is 5.10 Å². The fourth-order valence-electron chi connectivity index (χ4n) is 2.99. The Morgan fingerprint density at radius 1 is 1.22 bits per heavy atom. The second-order valence-electron chi connectivity index (χ2n) is 5.73. The van der Waals surface area contributed by atoms with Crippen LogP contribution >= 0.6 is 0 Å². The van der Waals surface area contributed by atoms with Crippen LogP contribution in [-0.2, 0) is 4.79 Å². The minimum absolute atomic E-state index is 0.0105. The van der Waals surface area contributed by atoms with Crippen molar-refractivity contribution >= 4 is 11.6 Å². The SMILES string of the molecule is CCC(=O)N1N=C(c2ccccc2O)C[C@H]1c1ccccc1C. The molecule has 23 heavy (non-hydrogen) atoms. The zero-order valence-corrected chi connectivity index (χ0v) is 13.4. The van der Waals surface area contributed by atoms with Crippen LogP contribution in [0.3, 0.4) is 0 Å². The van der Waals surface area contributed by atoms with Gasteiger partial charge in [0.05, 0.1) is 11.8 Å². The molecule has 0 saturated carbocycles. The Labute approximate surface area is 136 Å². The largest absolute Gasteiger partial charge is 0.507 e. The fraction of sp³-hybridized carbons (Fsp3) is 0.263. The van der Waals surface area contributed by atoms with Gasteiger partial charge in [0.25, 0.3) is 0 Å². The van der Waals surface area contributed by atoms with Crippen LogP contribution in [0.1, 0.15) is 42.5 Å². The molecule has 0 bridgehead atoms. The van der Waals surface area contributed by atoms with Crippen LogP contribution in [0.4, 0.5) is 0 Å². The minimum atomic E-state index is -0.113. The van der Waals surface area contributed by atoms with E-state index in [4.69, 9.17) is 0 Å². The Kier molecular flexibility index (Phi) is 4.15. The third-order valence-corrected chi connectivity index (χ3v) is 4.23. The van der Waals surface area contributed by atoms with Crippen molar-refractivity contribution in [1.82, 2.24) is 5.01 Å². The Balaban J connectivity index is 2.02. The summed E-state index contributed by atoms with van der Waals surface area (Å²) in [7, 11) is 0. The lowest BCUT2D eigenvalue weighted by Gasteiger charge is -2.23. The number of aryl methyl sites for hydroxylation is 1. The van der Waals surface area contributed by atoms with E-state index in [1.54, 1.807) is 17.1 Å². The molecular weight excluding hydrogens is 288 g/mol. The fourth-order valence-corrected chi connectivity index (χ4v) is 2.99. The first-order chi connectivity index (χ1) is 11.1. The Bertz CT molecular complexity index is 767. The number of hydrogen-bond acceptors (Lipinski definition) is 3. The van der Waals surface area contributed by atoms with Crippen LogP contribution in [0.15, 0.2) is 53.6 Å². The summed E-state index contributed by atoms with van der Waals surface area (Å²) >= 11 is 0. The summed E-state index contributed by atoms with van der Waals surface area (Å²) in [5.41, 5.74) is 3.68. The zero-order valence-electron chi connectivity index (χ0n) is 13.4. The number of hydrogen-bond donors (Lipinski definition) is 1. The number of para-hydroxylation sites is 1. The van der Waals surface area contributed by atoms with Crippen LogP contribution < -0.4 is 0 Å². The number of amides is 1. The van der Waals surface area contributed by atoms with Crippen molar-refractivity contribution in [3.8, 4) is 5.75 Å². The molecule has 1 N–H and O–H groups in total. The first kappa shape index (κ1) is 15.3. The molecule has 1 heterocycles. The molecule has 0 fully saturated rings. The molecule has 4 nitrogen and oxygen atoms in total. The van der Waals surface area contributed by atoms with Crippen LogP contribution in [0.5, 0.6) is 5.75 Å². The van der Waals surface area contributed by atoms with Gasteiger partial charge in [0, 0.05) is 18.4 Å². The van der Waals surface area contributed by atoms with E-state index in [0.29, 0.717) is 18.4 Å². The summed E-state index contributed by atoms with van der Waals surface area (Å²) in [5, 5.41) is 16.2. The number of phenolic OH excluding ortho intramolecular Hbond substituents is 1. The van der Waals surface area contributed by atoms with E-state index in [1.807, 2.05) is 50.2 Å². The molecule has 1 atom stereocenters. The van der Waals surface area contributed by atoms with Gasteiger partial charge in [0.2, 0.25) is 5.91 Å². The van der Waals surface area contributed by atoms with E-state index in [-0.39, 0.29) is 17.7 Å². The number of hydrazone groups is 1. The number of rotatable bonds is 3. The molecule has 1 aliphatic heterocycles. The Hall–Kier alpha value is -2.62. The van der Waals surface area contributed by atoms with E-state index in [9.17, 15) is 9.90 Å². The van der Waals surface area contributed by atoms with Gasteiger partial charge >= 0.3 is 0 Å². The third kappa shape index (κ3) is 2.84. The number of benzene rings is 2. The predicted octanol–water partition coefficient (Wildman–Crippen LogP) is 3.79. The lowest BCUT2D eigenvalue weighted by molar-refractivity contribution is -0.132. The highest BCUT2D eigenvalue weighted by molar-refractivity contribution is 6.05. The maximum Gasteiger partial charge on any atom is 0.242 e. The summed E-state index contributed by atoms with van der Waals surface area (Å²) in [5.74, 6) is 0.184. The highest BCUT2D eigenvalue weighted by Crippen LogP contribution is 2.36. The molecular formula is C19H20N2O2. The molecule has 0 aliphatic carbocycles. The second kappa shape index (κ2) is 6.24. The van der Waals surface area contributed by atoms with E-state index in [0.717, 1.165) is 16.8 Å². The van der Waals surface area contributed by atoms with Crippen molar-refractivity contribution in [3.63, 3.8) is 0 Å². The molecule has 4 heteroatoms. The summed E-state index contributed by atoms with van der Waals surface area (Å²) in [6.07, 6.45) is 1.01. The van der Waals surface area contributed by atoms with Gasteiger partial charge in [0.1, 0.15) is 5.75 Å². The number of nitrogens with zero attached hydrogens (tertiary/aromatic N) is 2. The third-order valence-electron chi connectivity index (χ3n) is 4.23. The first-order valence-electron chi connectivity index (χ1n) is 7.85. The van der Waals surface area contributed by atoms with Crippen molar-refractivity contribution < 1.29 is 9.90 Å². The summed E-state index contributed by atoms with van der Waals surface area (Å²) < 4.78 is 0. The van der Waals surface area contributed by atoms with Crippen LogP contribution in [0.25, 0.3) is 0 Å². The molecule has 1 aliphatic rings. The molecule has 0 unspecified atom stereocenters. The standard InChI is InChI=1S/C19H20N2O2/c1-3-19(23)21-17(14-9-5-4-8-13(14)2)12-16(20-21)15-10-6-7-11-18(15)22/h4-11,17,22H,3,12H2,1-2H3/t17-/m0/s1. The molecule has 2 aromatic rings. The highest BCUT2D eigenvalue weighted by atomic mass is 16.3. The molecule has 3 rings (SSSR count). The highest BCUT2D eigenvalue weighted by Gasteiger charge is 2.33. The van der Waals surface area contributed by atoms with Gasteiger partial charge in [-0.25, -0.2) is 5.01 Å². The molecule has 0 spiro atoms. The van der Waals surface area contributed by atoms with E-state index in [1.165, 1.54) is 0 Å². The minimum Gasteiger partial charge on any atom is -0.507 e. The van der Waals surface area contributed by atoms with Gasteiger partial charge in [-0.15, -0.1) is 0 Å². The van der Waals surface area contributed by atoms with Gasteiger partial charge in [-0.3, -0.25) is 4.79 Å². The van der Waals surface area contributed by atoms with Crippen molar-refractivity contribution in [3.05, 3.63) is 65.2 Å². The molecule has 118 valence electrons. The van der Waals surface area contributed by atoms with E-state index < -0.39 is 0 Å². The molecule has 2 aromatic carbocycles. The maximum absolute atomic E-state index is 12.3. The maximum atomic E-state index is 12.3. The quantitative estimate of drug-likeness (QED) is 0.938. The lowest BCUT2D eigenvalue weighted by atomic mass is 9.95. The topological polar surface area (TPSA) is 52.9 Å². The number of aromatic hydroxyl groups is 1. The molecule has 0 radical (unpaired) electrons. The summed E-state index contributed by atoms with van der Waals surface area (Å²) in [6.45, 7) is 3.88. The number of phenols is 1. The zero-order chi connectivity index (χ0) is 16.4. The van der Waals surface area contributed by atoms with Crippen LogP contribution in [0, 0.1) is 6.92 Å². The Morgan fingerprint density at radius 3 is 2.61 bits per heavy atom. The Morgan fingerprint density at radius 2 is 1.91 bits per heavy atom. The van der Waals surface area contributed by atoms with E-state index in [2.05, 4.69) is 5.10 Å². The van der Waals surface area contributed by atoms with Crippen LogP contribution in [0.2, 0.25) is 0 Å². The smallest absolute Gasteiger partial charge is 0.242 e. The van der Waals surface area contributed by atoms with Crippen molar-refractivity contribution in [1.29, 1.82) is 0 Å². The average Bonchev–Trinajstić information content (AvgIpc) is 3.00. The van der Waals surface area contributed by atoms with Gasteiger partial charge in [0.15, 0.2) is 0 Å². The summed E-state index contributed by atoms with van der Waals surface area (Å²) in [4.78, 5) is 12.3. The predicted molar refractivity (Wildman–Crippen MR) is 90.3 cm³/mol. The molecule has 0 saturated heterocycles. The second-order valence-corrected chi connectivity index (χ2v) is 5.73. The van der Waals surface area contributed by atoms with Gasteiger partial charge in [-0.2, -0.15) is 5.10 Å². The van der Waals surface area contributed by atoms with E-state index >= 15 is 0 Å². The molecule has 0 aromatic heterocycles. The number of carbonyl (C=O) groups is 1. The van der Waals surface area contributed by atoms with Crippen molar-refractivity contribution in [2.45, 2.75) is 32.7 Å². The van der Waals surface area contributed by atoms with Gasteiger partial charge in [-0.1, -0.05) is 43.3 Å². The lowest BCUT2D eigenvalue weighted by Crippen LogP contribution is -2.26. The normalized spacial score (nSPS) is 17.2. The summed E-state index contributed by atoms with van der Waals surface area (Å²) in [6, 6.07) is 15.1. The van der Waals surface area contributed by atoms with Crippen molar-refractivity contribution in [2.75, 3.05) is 0 Å². The average molecular weight is 308 g/mol. The monoisotopic (exact) mass is 308 g/mol. The van der Waals surface area contributed by atoms with Crippen LogP contribution in [-0.4, -0.2) is 21.7 Å². The molecule has 1 amide bonds. The van der Waals surface area contributed by atoms with Gasteiger partial charge in [-0.05, 0) is 30.2 Å². The number of carbonyl (C=O) groups excluding carboxylic acids is 1. The first-order valence-corrected chi connectivity index (χ1v) is 7.85. The van der Waals surface area contributed by atoms with Gasteiger partial charge < -0.3 is 5.11 Å².